The molecule has 0 heterocycles. The molecule has 1 atom stereocenters. The van der Waals surface area contributed by atoms with E-state index in [-0.39, 0.29) is 12.5 Å². The molecule has 0 aromatic carbocycles. The van der Waals surface area contributed by atoms with Gasteiger partial charge in [-0.1, -0.05) is 6.92 Å². The first kappa shape index (κ1) is 12.4. The second-order valence-electron chi connectivity index (χ2n) is 3.07. The van der Waals surface area contributed by atoms with E-state index in [1.807, 2.05) is 18.7 Å². The van der Waals surface area contributed by atoms with Crippen LogP contribution in [0, 0.1) is 0 Å². The summed E-state index contributed by atoms with van der Waals surface area (Å²) in [5.74, 6) is 0.0960. The molecular weight excluding hydrogens is 166 g/mol. The predicted molar refractivity (Wildman–Crippen MR) is 53.6 cm³/mol. The number of hydrogen-bond acceptors (Lipinski definition) is 2. The third kappa shape index (κ3) is 4.27. The zero-order valence-corrected chi connectivity index (χ0v) is 9.17. The Kier molecular flexibility index (Phi) is 6.59. The van der Waals surface area contributed by atoms with Crippen LogP contribution in [0.15, 0.2) is 0 Å². The SMILES string of the molecule is CCOCC(=O)N(CC)C(C)CC. The highest BCUT2D eigenvalue weighted by atomic mass is 16.5. The average Bonchev–Trinajstić information content (AvgIpc) is 2.15. The van der Waals surface area contributed by atoms with Gasteiger partial charge in [-0.15, -0.1) is 0 Å². The third-order valence-electron chi connectivity index (χ3n) is 2.21. The molecule has 1 amide bonds. The lowest BCUT2D eigenvalue weighted by atomic mass is 10.2. The minimum absolute atomic E-state index is 0.0960. The van der Waals surface area contributed by atoms with E-state index in [4.69, 9.17) is 4.74 Å². The van der Waals surface area contributed by atoms with Gasteiger partial charge in [0.2, 0.25) is 5.91 Å². The second-order valence-corrected chi connectivity index (χ2v) is 3.07. The second kappa shape index (κ2) is 6.89. The first-order valence-electron chi connectivity index (χ1n) is 5.04. The quantitative estimate of drug-likeness (QED) is 0.633. The van der Waals surface area contributed by atoms with Gasteiger partial charge in [-0.25, -0.2) is 0 Å². The van der Waals surface area contributed by atoms with Crippen molar-refractivity contribution >= 4 is 5.91 Å². The summed E-state index contributed by atoms with van der Waals surface area (Å²) in [6, 6.07) is 0.318. The Morgan fingerprint density at radius 2 is 2.00 bits per heavy atom. The van der Waals surface area contributed by atoms with E-state index in [2.05, 4.69) is 13.8 Å². The molecule has 3 heteroatoms. The molecule has 0 aromatic heterocycles. The van der Waals surface area contributed by atoms with Crippen molar-refractivity contribution in [1.82, 2.24) is 4.90 Å². The number of ether oxygens (including phenoxy) is 1. The molecular formula is C10H21NO2. The fourth-order valence-corrected chi connectivity index (χ4v) is 1.23. The van der Waals surface area contributed by atoms with Crippen molar-refractivity contribution in [3.05, 3.63) is 0 Å². The molecule has 0 radical (unpaired) electrons. The topological polar surface area (TPSA) is 29.5 Å². The lowest BCUT2D eigenvalue weighted by Crippen LogP contribution is -2.40. The highest BCUT2D eigenvalue weighted by Gasteiger charge is 2.16. The van der Waals surface area contributed by atoms with Gasteiger partial charge in [-0.05, 0) is 27.2 Å². The Morgan fingerprint density at radius 3 is 2.38 bits per heavy atom. The molecule has 0 aliphatic carbocycles. The van der Waals surface area contributed by atoms with Crippen LogP contribution in [0.3, 0.4) is 0 Å². The maximum atomic E-state index is 11.5. The number of likely N-dealkylation sites (N-methyl/N-ethyl adjacent to an activating group) is 1. The summed E-state index contributed by atoms with van der Waals surface area (Å²) in [6.07, 6.45) is 0.992. The number of rotatable bonds is 6. The molecule has 0 bridgehead atoms. The average molecular weight is 187 g/mol. The van der Waals surface area contributed by atoms with Crippen molar-refractivity contribution in [3.63, 3.8) is 0 Å². The van der Waals surface area contributed by atoms with E-state index in [1.165, 1.54) is 0 Å². The van der Waals surface area contributed by atoms with Crippen LogP contribution in [0.25, 0.3) is 0 Å². The van der Waals surface area contributed by atoms with E-state index >= 15 is 0 Å². The van der Waals surface area contributed by atoms with Gasteiger partial charge < -0.3 is 9.64 Å². The van der Waals surface area contributed by atoms with E-state index < -0.39 is 0 Å². The van der Waals surface area contributed by atoms with Crippen molar-refractivity contribution in [1.29, 1.82) is 0 Å². The van der Waals surface area contributed by atoms with Crippen LogP contribution in [0.2, 0.25) is 0 Å². The fraction of sp³-hybridized carbons (Fsp3) is 0.900. The zero-order valence-electron chi connectivity index (χ0n) is 9.17. The number of amides is 1. The largest absolute Gasteiger partial charge is 0.372 e. The number of carbonyl (C=O) groups is 1. The zero-order chi connectivity index (χ0) is 10.3. The highest BCUT2D eigenvalue weighted by Crippen LogP contribution is 2.03. The first-order chi connectivity index (χ1) is 6.17. The van der Waals surface area contributed by atoms with Gasteiger partial charge in [-0.2, -0.15) is 0 Å². The van der Waals surface area contributed by atoms with Crippen molar-refractivity contribution in [2.24, 2.45) is 0 Å². The molecule has 0 N–H and O–H groups in total. The summed E-state index contributed by atoms with van der Waals surface area (Å²) < 4.78 is 5.08. The molecule has 0 aromatic rings. The van der Waals surface area contributed by atoms with E-state index in [9.17, 15) is 4.79 Å². The third-order valence-corrected chi connectivity index (χ3v) is 2.21. The maximum Gasteiger partial charge on any atom is 0.248 e. The molecule has 13 heavy (non-hydrogen) atoms. The summed E-state index contributed by atoms with van der Waals surface area (Å²) in [4.78, 5) is 13.4. The van der Waals surface area contributed by atoms with Gasteiger partial charge in [0.1, 0.15) is 6.61 Å². The minimum Gasteiger partial charge on any atom is -0.372 e. The number of nitrogens with zero attached hydrogens (tertiary/aromatic N) is 1. The monoisotopic (exact) mass is 187 g/mol. The molecule has 0 spiro atoms. The van der Waals surface area contributed by atoms with Gasteiger partial charge in [0.25, 0.3) is 0 Å². The van der Waals surface area contributed by atoms with E-state index in [0.29, 0.717) is 12.6 Å². The number of hydrogen-bond donors (Lipinski definition) is 0. The molecule has 0 rings (SSSR count). The predicted octanol–water partition coefficient (Wildman–Crippen LogP) is 1.67. The Hall–Kier alpha value is -0.570. The van der Waals surface area contributed by atoms with Crippen LogP contribution in [-0.4, -0.2) is 36.6 Å². The molecule has 0 fully saturated rings. The minimum atomic E-state index is 0.0960. The van der Waals surface area contributed by atoms with Crippen molar-refractivity contribution in [2.45, 2.75) is 40.2 Å². The fourth-order valence-electron chi connectivity index (χ4n) is 1.23. The lowest BCUT2D eigenvalue weighted by Gasteiger charge is -2.27. The molecule has 1 unspecified atom stereocenters. The van der Waals surface area contributed by atoms with Gasteiger partial charge in [0.15, 0.2) is 0 Å². The summed E-state index contributed by atoms with van der Waals surface area (Å²) in [5.41, 5.74) is 0. The van der Waals surface area contributed by atoms with Crippen LogP contribution in [0.5, 0.6) is 0 Å². The maximum absolute atomic E-state index is 11.5. The van der Waals surface area contributed by atoms with Crippen LogP contribution < -0.4 is 0 Å². The smallest absolute Gasteiger partial charge is 0.248 e. The Balaban J connectivity index is 3.99. The Labute approximate surface area is 81.1 Å². The molecule has 0 aliphatic heterocycles. The summed E-state index contributed by atoms with van der Waals surface area (Å²) in [7, 11) is 0. The van der Waals surface area contributed by atoms with Gasteiger partial charge in [0.05, 0.1) is 0 Å². The van der Waals surface area contributed by atoms with E-state index in [1.54, 1.807) is 0 Å². The van der Waals surface area contributed by atoms with Gasteiger partial charge >= 0.3 is 0 Å². The van der Waals surface area contributed by atoms with E-state index in [0.717, 1.165) is 13.0 Å². The van der Waals surface area contributed by atoms with Crippen LogP contribution in [0.1, 0.15) is 34.1 Å². The van der Waals surface area contributed by atoms with Crippen LogP contribution in [-0.2, 0) is 9.53 Å². The van der Waals surface area contributed by atoms with Crippen LogP contribution in [0.4, 0.5) is 0 Å². The van der Waals surface area contributed by atoms with Crippen LogP contribution >= 0.6 is 0 Å². The molecule has 0 aliphatic rings. The Morgan fingerprint density at radius 1 is 1.38 bits per heavy atom. The molecule has 78 valence electrons. The molecule has 0 saturated heterocycles. The normalized spacial score (nSPS) is 12.6. The van der Waals surface area contributed by atoms with Crippen molar-refractivity contribution in [3.8, 4) is 0 Å². The summed E-state index contributed by atoms with van der Waals surface area (Å²) >= 11 is 0. The van der Waals surface area contributed by atoms with Crippen molar-refractivity contribution < 1.29 is 9.53 Å². The summed E-state index contributed by atoms with van der Waals surface area (Å²) in [6.45, 7) is 9.62. The van der Waals surface area contributed by atoms with Crippen molar-refractivity contribution in [2.75, 3.05) is 19.8 Å². The number of carbonyl (C=O) groups excluding carboxylic acids is 1. The van der Waals surface area contributed by atoms with Gasteiger partial charge in [0, 0.05) is 19.2 Å². The molecule has 3 nitrogen and oxygen atoms in total. The summed E-state index contributed by atoms with van der Waals surface area (Å²) in [5, 5.41) is 0. The highest BCUT2D eigenvalue weighted by molar-refractivity contribution is 5.77. The Bertz CT molecular complexity index is 148. The standard InChI is InChI=1S/C10H21NO2/c1-5-9(4)11(6-2)10(12)8-13-7-3/h9H,5-8H2,1-4H3. The van der Waals surface area contributed by atoms with Gasteiger partial charge in [-0.3, -0.25) is 4.79 Å². The first-order valence-corrected chi connectivity index (χ1v) is 5.04. The lowest BCUT2D eigenvalue weighted by molar-refractivity contribution is -0.137. The molecule has 0 saturated carbocycles.